The van der Waals surface area contributed by atoms with Crippen LogP contribution >= 0.6 is 42.6 Å². The van der Waals surface area contributed by atoms with Crippen LogP contribution in [0.3, 0.4) is 0 Å². The molecule has 1 aromatic heterocycles. The quantitative estimate of drug-likeness (QED) is 0.527. The van der Waals surface area contributed by atoms with Crippen molar-refractivity contribution in [2.24, 2.45) is 0 Å². The van der Waals surface area contributed by atoms with Gasteiger partial charge in [0.15, 0.2) is 10.8 Å². The molecule has 0 aliphatic carbocycles. The molecule has 1 heterocycles. The van der Waals surface area contributed by atoms with Crippen LogP contribution < -0.4 is 4.74 Å². The van der Waals surface area contributed by atoms with E-state index in [1.54, 1.807) is 7.11 Å². The number of thiophene rings is 1. The highest BCUT2D eigenvalue weighted by molar-refractivity contribution is 9.11. The Hall–Kier alpha value is -0.880. The van der Waals surface area contributed by atoms with Gasteiger partial charge in [0.05, 0.1) is 17.0 Å². The summed E-state index contributed by atoms with van der Waals surface area (Å²) >= 11 is 7.05. The Labute approximate surface area is 136 Å². The zero-order chi connectivity index (χ0) is 14.3. The summed E-state index contributed by atoms with van der Waals surface area (Å²) in [5.41, 5.74) is 1.01. The number of fused-ring (bicyclic) bond motifs is 1. The maximum Gasteiger partial charge on any atom is 0.232 e. The second-order valence-corrected chi connectivity index (χ2v) is 7.42. The van der Waals surface area contributed by atoms with Crippen LogP contribution in [0.4, 0.5) is 0 Å². The molecule has 1 unspecified atom stereocenters. The molecule has 2 nitrogen and oxygen atoms in total. The van der Waals surface area contributed by atoms with Gasteiger partial charge in [0.25, 0.3) is 0 Å². The van der Waals surface area contributed by atoms with E-state index in [-0.39, 0.29) is 0 Å². The average Bonchev–Trinajstić information content (AvgIpc) is 2.72. The fourth-order valence-electron chi connectivity index (χ4n) is 2.13. The van der Waals surface area contributed by atoms with E-state index in [1.165, 1.54) is 0 Å². The summed E-state index contributed by atoms with van der Waals surface area (Å²) in [6, 6.07) is 13.7. The topological polar surface area (TPSA) is 29.5 Å². The maximum absolute atomic E-state index is 10.6. The standard InChI is InChI=1S/C15H11Br2O2S/c1-19-11-6-7-12-13(8-11)20(18)15(14(12)17)9-2-4-10(16)5-3-9/h2-8,18H,1H3/q+1. The minimum atomic E-state index is -0.948. The number of benzene rings is 2. The third-order valence-electron chi connectivity index (χ3n) is 3.13. The molecule has 0 bridgehead atoms. The zero-order valence-corrected chi connectivity index (χ0v) is 14.5. The first-order valence-electron chi connectivity index (χ1n) is 5.89. The molecule has 0 saturated heterocycles. The van der Waals surface area contributed by atoms with E-state index in [2.05, 4.69) is 31.9 Å². The lowest BCUT2D eigenvalue weighted by molar-refractivity contribution is 0.415. The molecule has 1 N–H and O–H groups in total. The molecule has 3 aromatic rings. The van der Waals surface area contributed by atoms with Crippen LogP contribution in [-0.4, -0.2) is 11.7 Å². The molecule has 0 fully saturated rings. The lowest BCUT2D eigenvalue weighted by atomic mass is 10.1. The molecule has 102 valence electrons. The molecule has 0 radical (unpaired) electrons. The van der Waals surface area contributed by atoms with Gasteiger partial charge in [0.2, 0.25) is 9.58 Å². The summed E-state index contributed by atoms with van der Waals surface area (Å²) in [5, 5.41) is 1.02. The molecule has 2 aromatic carbocycles. The summed E-state index contributed by atoms with van der Waals surface area (Å²) in [5.74, 6) is 0.757. The van der Waals surface area contributed by atoms with Gasteiger partial charge >= 0.3 is 0 Å². The van der Waals surface area contributed by atoms with Gasteiger partial charge in [-0.05, 0) is 52.3 Å². The van der Waals surface area contributed by atoms with E-state index >= 15 is 0 Å². The van der Waals surface area contributed by atoms with Crippen LogP contribution in [0.2, 0.25) is 0 Å². The smallest absolute Gasteiger partial charge is 0.232 e. The Kier molecular flexibility index (Phi) is 3.86. The van der Waals surface area contributed by atoms with Gasteiger partial charge in [0, 0.05) is 16.1 Å². The van der Waals surface area contributed by atoms with Crippen molar-refractivity contribution in [3.8, 4) is 16.2 Å². The fraction of sp³-hybridized carbons (Fsp3) is 0.0667. The first-order chi connectivity index (χ1) is 9.61. The number of hydrogen-bond donors (Lipinski definition) is 1. The highest BCUT2D eigenvalue weighted by Crippen LogP contribution is 2.48. The lowest BCUT2D eigenvalue weighted by Crippen LogP contribution is -1.80. The van der Waals surface area contributed by atoms with E-state index in [0.717, 1.165) is 35.2 Å². The molecule has 0 amide bonds. The molecule has 0 aliphatic heterocycles. The predicted octanol–water partition coefficient (Wildman–Crippen LogP) is 5.93. The fourth-order valence-corrected chi connectivity index (χ4v) is 5.02. The van der Waals surface area contributed by atoms with Gasteiger partial charge in [-0.15, -0.1) is 0 Å². The van der Waals surface area contributed by atoms with Crippen LogP contribution in [0, 0.1) is 0 Å². The zero-order valence-electron chi connectivity index (χ0n) is 10.6. The van der Waals surface area contributed by atoms with E-state index < -0.39 is 10.8 Å². The number of ether oxygens (including phenoxy) is 1. The van der Waals surface area contributed by atoms with E-state index in [0.29, 0.717) is 0 Å². The Bertz CT molecular complexity index is 779. The first-order valence-corrected chi connectivity index (χ1v) is 8.66. The average molecular weight is 415 g/mol. The number of halogens is 2. The molecule has 0 spiro atoms. The minimum Gasteiger partial charge on any atom is -0.497 e. The Morgan fingerprint density at radius 3 is 2.40 bits per heavy atom. The summed E-state index contributed by atoms with van der Waals surface area (Å²) in [7, 11) is 0.682. The van der Waals surface area contributed by atoms with Crippen LogP contribution in [-0.2, 0) is 0 Å². The molecular formula is C15H11Br2O2S+. The largest absolute Gasteiger partial charge is 0.497 e. The van der Waals surface area contributed by atoms with Gasteiger partial charge < -0.3 is 4.74 Å². The Balaban J connectivity index is 2.28. The van der Waals surface area contributed by atoms with Crippen LogP contribution in [0.5, 0.6) is 5.75 Å². The third-order valence-corrected chi connectivity index (χ3v) is 6.33. The lowest BCUT2D eigenvalue weighted by Gasteiger charge is -1.95. The van der Waals surface area contributed by atoms with Gasteiger partial charge in [-0.2, -0.15) is 4.55 Å². The highest BCUT2D eigenvalue weighted by atomic mass is 79.9. The van der Waals surface area contributed by atoms with Crippen molar-refractivity contribution < 1.29 is 9.29 Å². The van der Waals surface area contributed by atoms with Crippen molar-refractivity contribution in [2.75, 3.05) is 7.11 Å². The van der Waals surface area contributed by atoms with Crippen molar-refractivity contribution in [1.82, 2.24) is 0 Å². The van der Waals surface area contributed by atoms with Gasteiger partial charge in [-0.25, -0.2) is 0 Å². The van der Waals surface area contributed by atoms with E-state index in [1.807, 2.05) is 42.5 Å². The maximum atomic E-state index is 10.6. The highest BCUT2D eigenvalue weighted by Gasteiger charge is 2.27. The number of hydrogen-bond acceptors (Lipinski definition) is 2. The molecule has 0 saturated carbocycles. The summed E-state index contributed by atoms with van der Waals surface area (Å²) in [6.45, 7) is 0. The van der Waals surface area contributed by atoms with Crippen LogP contribution in [0.1, 0.15) is 0 Å². The van der Waals surface area contributed by atoms with Crippen LogP contribution in [0.15, 0.2) is 51.4 Å². The molecule has 3 rings (SSSR count). The summed E-state index contributed by atoms with van der Waals surface area (Å²) < 4.78 is 18.7. The van der Waals surface area contributed by atoms with Gasteiger partial charge in [0.1, 0.15) is 5.75 Å². The molecule has 20 heavy (non-hydrogen) atoms. The van der Waals surface area contributed by atoms with E-state index in [9.17, 15) is 4.55 Å². The molecule has 5 heteroatoms. The van der Waals surface area contributed by atoms with Gasteiger partial charge in [-0.1, -0.05) is 15.9 Å². The van der Waals surface area contributed by atoms with Crippen molar-refractivity contribution in [3.63, 3.8) is 0 Å². The van der Waals surface area contributed by atoms with Gasteiger partial charge in [-0.3, -0.25) is 0 Å². The summed E-state index contributed by atoms with van der Waals surface area (Å²) in [4.78, 5) is 0.917. The minimum absolute atomic E-state index is 0.757. The Morgan fingerprint density at radius 1 is 1.05 bits per heavy atom. The predicted molar refractivity (Wildman–Crippen MR) is 91.1 cm³/mol. The Morgan fingerprint density at radius 2 is 1.75 bits per heavy atom. The normalized spacial score (nSPS) is 11.9. The first kappa shape index (κ1) is 14.1. The van der Waals surface area contributed by atoms with E-state index in [4.69, 9.17) is 4.74 Å². The second kappa shape index (κ2) is 5.48. The molecular weight excluding hydrogens is 404 g/mol. The monoisotopic (exact) mass is 413 g/mol. The molecule has 0 aliphatic rings. The summed E-state index contributed by atoms with van der Waals surface area (Å²) in [6.07, 6.45) is 0. The van der Waals surface area contributed by atoms with Crippen molar-refractivity contribution in [3.05, 3.63) is 51.4 Å². The number of rotatable bonds is 2. The molecule has 1 atom stereocenters. The van der Waals surface area contributed by atoms with Crippen LogP contribution in [0.25, 0.3) is 20.5 Å². The SMILES string of the molecule is COc1ccc2c(Br)c(-c3ccc(Br)cc3)[s+](O)c2c1. The third kappa shape index (κ3) is 2.29. The second-order valence-electron chi connectivity index (χ2n) is 4.30. The van der Waals surface area contributed by atoms with Crippen molar-refractivity contribution in [2.45, 2.75) is 0 Å². The number of methoxy groups -OCH3 is 1. The van der Waals surface area contributed by atoms with Crippen molar-refractivity contribution >= 4 is 52.7 Å². The van der Waals surface area contributed by atoms with Crippen molar-refractivity contribution in [1.29, 1.82) is 0 Å².